The van der Waals surface area contributed by atoms with E-state index in [4.69, 9.17) is 0 Å². The van der Waals surface area contributed by atoms with Gasteiger partial charge in [-0.3, -0.25) is 0 Å². The zero-order valence-electron chi connectivity index (χ0n) is 11.8. The van der Waals surface area contributed by atoms with Crippen molar-refractivity contribution in [2.24, 2.45) is 5.92 Å². The van der Waals surface area contributed by atoms with Gasteiger partial charge in [-0.2, -0.15) is 0 Å². The summed E-state index contributed by atoms with van der Waals surface area (Å²) in [6, 6.07) is 5.86. The zero-order valence-corrected chi connectivity index (χ0v) is 11.8. The monoisotopic (exact) mass is 261 g/mol. The summed E-state index contributed by atoms with van der Waals surface area (Å²) < 4.78 is 0. The highest BCUT2D eigenvalue weighted by Crippen LogP contribution is 2.30. The Morgan fingerprint density at radius 3 is 2.58 bits per heavy atom. The number of aromatic carboxylic acids is 1. The average Bonchev–Trinajstić information content (AvgIpc) is 2.41. The van der Waals surface area contributed by atoms with Gasteiger partial charge in [-0.05, 0) is 50.2 Å². The van der Waals surface area contributed by atoms with Crippen molar-refractivity contribution in [3.63, 3.8) is 0 Å². The van der Waals surface area contributed by atoms with Gasteiger partial charge in [0.05, 0.1) is 11.3 Å². The van der Waals surface area contributed by atoms with Crippen molar-refractivity contribution in [1.82, 2.24) is 0 Å². The second-order valence-electron chi connectivity index (χ2n) is 5.57. The molecule has 0 heterocycles. The predicted molar refractivity (Wildman–Crippen MR) is 77.8 cm³/mol. The van der Waals surface area contributed by atoms with Crippen LogP contribution in [0.25, 0.3) is 0 Å². The van der Waals surface area contributed by atoms with Crippen LogP contribution in [-0.4, -0.2) is 17.1 Å². The molecule has 0 aromatic heterocycles. The fourth-order valence-corrected chi connectivity index (χ4v) is 2.96. The number of carbonyl (C=O) groups is 1. The topological polar surface area (TPSA) is 49.3 Å². The summed E-state index contributed by atoms with van der Waals surface area (Å²) in [6.45, 7) is 4.22. The smallest absolute Gasteiger partial charge is 0.337 e. The first-order valence-corrected chi connectivity index (χ1v) is 7.21. The van der Waals surface area contributed by atoms with E-state index in [1.807, 2.05) is 13.0 Å². The Bertz CT molecular complexity index is 448. The van der Waals surface area contributed by atoms with Crippen molar-refractivity contribution in [3.05, 3.63) is 29.3 Å². The lowest BCUT2D eigenvalue weighted by atomic mass is 9.84. The third-order valence-corrected chi connectivity index (χ3v) is 4.28. The molecule has 104 valence electrons. The molecule has 0 unspecified atom stereocenters. The van der Waals surface area contributed by atoms with Gasteiger partial charge in [-0.1, -0.05) is 25.5 Å². The predicted octanol–water partition coefficient (Wildman–Crippen LogP) is 4.07. The lowest BCUT2D eigenvalue weighted by molar-refractivity contribution is 0.0697. The van der Waals surface area contributed by atoms with Crippen LogP contribution in [0.1, 0.15) is 54.9 Å². The molecule has 1 fully saturated rings. The molecule has 0 radical (unpaired) electrons. The molecule has 0 bridgehead atoms. The van der Waals surface area contributed by atoms with Crippen molar-refractivity contribution < 1.29 is 9.90 Å². The van der Waals surface area contributed by atoms with Gasteiger partial charge in [0.15, 0.2) is 0 Å². The highest BCUT2D eigenvalue weighted by Gasteiger charge is 2.22. The summed E-state index contributed by atoms with van der Waals surface area (Å²) >= 11 is 0. The quantitative estimate of drug-likeness (QED) is 0.858. The summed E-state index contributed by atoms with van der Waals surface area (Å²) in [4.78, 5) is 11.3. The second-order valence-corrected chi connectivity index (χ2v) is 5.57. The summed E-state index contributed by atoms with van der Waals surface area (Å²) in [5, 5.41) is 12.7. The number of anilines is 1. The van der Waals surface area contributed by atoms with Gasteiger partial charge < -0.3 is 10.4 Å². The highest BCUT2D eigenvalue weighted by atomic mass is 16.4. The number of hydrogen-bond donors (Lipinski definition) is 2. The van der Waals surface area contributed by atoms with Crippen LogP contribution in [0.4, 0.5) is 5.69 Å². The van der Waals surface area contributed by atoms with E-state index in [1.54, 1.807) is 12.1 Å². The third kappa shape index (κ3) is 3.28. The van der Waals surface area contributed by atoms with E-state index in [0.717, 1.165) is 30.0 Å². The largest absolute Gasteiger partial charge is 0.478 e. The van der Waals surface area contributed by atoms with E-state index in [9.17, 15) is 9.90 Å². The SMILES string of the molecule is CCC1CCC(Nc2c(C)cccc2C(=O)O)CC1. The molecule has 19 heavy (non-hydrogen) atoms. The molecule has 3 nitrogen and oxygen atoms in total. The number of para-hydroxylation sites is 1. The Labute approximate surface area is 115 Å². The van der Waals surface area contributed by atoms with E-state index >= 15 is 0 Å². The van der Waals surface area contributed by atoms with Gasteiger partial charge in [0.1, 0.15) is 0 Å². The van der Waals surface area contributed by atoms with E-state index < -0.39 is 5.97 Å². The molecule has 1 aromatic carbocycles. The van der Waals surface area contributed by atoms with E-state index in [-0.39, 0.29) is 0 Å². The molecule has 0 spiro atoms. The molecule has 1 aromatic rings. The van der Waals surface area contributed by atoms with Crippen molar-refractivity contribution in [3.8, 4) is 0 Å². The average molecular weight is 261 g/mol. The van der Waals surface area contributed by atoms with Gasteiger partial charge in [0.2, 0.25) is 0 Å². The number of nitrogens with one attached hydrogen (secondary N) is 1. The van der Waals surface area contributed by atoms with E-state index in [1.165, 1.54) is 19.3 Å². The third-order valence-electron chi connectivity index (χ3n) is 4.28. The van der Waals surface area contributed by atoms with Crippen molar-refractivity contribution in [1.29, 1.82) is 0 Å². The highest BCUT2D eigenvalue weighted by molar-refractivity contribution is 5.95. The van der Waals surface area contributed by atoms with Crippen molar-refractivity contribution >= 4 is 11.7 Å². The Morgan fingerprint density at radius 2 is 2.00 bits per heavy atom. The first-order valence-electron chi connectivity index (χ1n) is 7.21. The molecule has 3 heteroatoms. The van der Waals surface area contributed by atoms with Crippen LogP contribution in [0.3, 0.4) is 0 Å². The van der Waals surface area contributed by atoms with Crippen LogP contribution in [0.15, 0.2) is 18.2 Å². The fraction of sp³-hybridized carbons (Fsp3) is 0.562. The molecule has 1 saturated carbocycles. The van der Waals surface area contributed by atoms with Gasteiger partial charge >= 0.3 is 5.97 Å². The van der Waals surface area contributed by atoms with Gasteiger partial charge in [-0.15, -0.1) is 0 Å². The standard InChI is InChI=1S/C16H23NO2/c1-3-12-7-9-13(10-8-12)17-15-11(2)5-4-6-14(15)16(18)19/h4-6,12-13,17H,3,7-10H2,1-2H3,(H,18,19). The number of aryl methyl sites for hydroxylation is 1. The van der Waals surface area contributed by atoms with Crippen LogP contribution in [0.5, 0.6) is 0 Å². The molecule has 0 aliphatic heterocycles. The van der Waals surface area contributed by atoms with Crippen LogP contribution < -0.4 is 5.32 Å². The summed E-state index contributed by atoms with van der Waals surface area (Å²) in [5.74, 6) is 0.00214. The van der Waals surface area contributed by atoms with Gasteiger partial charge in [0.25, 0.3) is 0 Å². The van der Waals surface area contributed by atoms with Crippen LogP contribution in [-0.2, 0) is 0 Å². The van der Waals surface area contributed by atoms with E-state index in [0.29, 0.717) is 11.6 Å². The summed E-state index contributed by atoms with van der Waals surface area (Å²) in [7, 11) is 0. The van der Waals surface area contributed by atoms with E-state index in [2.05, 4.69) is 12.2 Å². The fourth-order valence-electron chi connectivity index (χ4n) is 2.96. The van der Waals surface area contributed by atoms with Gasteiger partial charge in [0, 0.05) is 6.04 Å². The normalized spacial score (nSPS) is 23.1. The maximum atomic E-state index is 11.3. The minimum atomic E-state index is -0.853. The molecular formula is C16H23NO2. The molecule has 1 aliphatic rings. The Kier molecular flexibility index (Phi) is 4.46. The lowest BCUT2D eigenvalue weighted by Gasteiger charge is -2.30. The first-order chi connectivity index (χ1) is 9.11. The van der Waals surface area contributed by atoms with Crippen LogP contribution in [0.2, 0.25) is 0 Å². The van der Waals surface area contributed by atoms with Crippen molar-refractivity contribution in [2.75, 3.05) is 5.32 Å². The second kappa shape index (κ2) is 6.09. The number of benzene rings is 1. The first kappa shape index (κ1) is 13.9. The molecule has 1 aliphatic carbocycles. The Hall–Kier alpha value is -1.51. The number of hydrogen-bond acceptors (Lipinski definition) is 2. The van der Waals surface area contributed by atoms with Gasteiger partial charge in [-0.25, -0.2) is 4.79 Å². The number of carboxylic acids is 1. The molecule has 0 saturated heterocycles. The Morgan fingerprint density at radius 1 is 1.32 bits per heavy atom. The molecule has 0 amide bonds. The van der Waals surface area contributed by atoms with Crippen molar-refractivity contribution in [2.45, 2.75) is 52.0 Å². The molecule has 0 atom stereocenters. The summed E-state index contributed by atoms with van der Waals surface area (Å²) in [6.07, 6.45) is 6.06. The maximum Gasteiger partial charge on any atom is 0.337 e. The summed E-state index contributed by atoms with van der Waals surface area (Å²) in [5.41, 5.74) is 2.20. The zero-order chi connectivity index (χ0) is 13.8. The maximum absolute atomic E-state index is 11.3. The molecule has 2 N–H and O–H groups in total. The molecular weight excluding hydrogens is 238 g/mol. The molecule has 2 rings (SSSR count). The minimum absolute atomic E-state index is 0.387. The number of rotatable bonds is 4. The van der Waals surface area contributed by atoms with Crippen LogP contribution >= 0.6 is 0 Å². The number of carboxylic acid groups (broad SMARTS) is 1. The minimum Gasteiger partial charge on any atom is -0.478 e. The Balaban J connectivity index is 2.09. The van der Waals surface area contributed by atoms with Crippen LogP contribution in [0, 0.1) is 12.8 Å². The lowest BCUT2D eigenvalue weighted by Crippen LogP contribution is -2.27.